The van der Waals surface area contributed by atoms with Gasteiger partial charge in [-0.3, -0.25) is 4.79 Å². The third-order valence-electron chi connectivity index (χ3n) is 3.44. The average molecular weight is 372 g/mol. The predicted molar refractivity (Wildman–Crippen MR) is 106 cm³/mol. The number of hydrogen-bond donors (Lipinski definition) is 1. The molecule has 0 aromatic heterocycles. The summed E-state index contributed by atoms with van der Waals surface area (Å²) in [4.78, 5) is 12.9. The highest BCUT2D eigenvalue weighted by Crippen LogP contribution is 2.27. The molecule has 0 aliphatic heterocycles. The Labute approximate surface area is 158 Å². The molecule has 0 aliphatic carbocycles. The molecule has 0 fully saturated rings. The Kier molecular flexibility index (Phi) is 8.02. The molecule has 0 radical (unpaired) electrons. The number of methoxy groups -OCH3 is 1. The second kappa shape index (κ2) is 10.5. The maximum Gasteiger partial charge on any atom is 0.250 e. The van der Waals surface area contributed by atoms with E-state index in [9.17, 15) is 4.79 Å². The lowest BCUT2D eigenvalue weighted by molar-refractivity contribution is -0.118. The van der Waals surface area contributed by atoms with Gasteiger partial charge in [0.05, 0.1) is 25.7 Å². The van der Waals surface area contributed by atoms with Crippen LogP contribution in [0.25, 0.3) is 0 Å². The number of ether oxygens (including phenoxy) is 2. The topological polar surface area (TPSA) is 59.9 Å². The van der Waals surface area contributed by atoms with Gasteiger partial charge in [-0.05, 0) is 49.2 Å². The Morgan fingerprint density at radius 1 is 1.19 bits per heavy atom. The Hall–Kier alpha value is -2.47. The highest BCUT2D eigenvalue weighted by Gasteiger charge is 2.05. The molecule has 0 bridgehead atoms. The number of hydrogen-bond acceptors (Lipinski definition) is 5. The summed E-state index contributed by atoms with van der Waals surface area (Å²) in [6.45, 7) is 4.72. The van der Waals surface area contributed by atoms with E-state index in [0.29, 0.717) is 23.9 Å². The van der Waals surface area contributed by atoms with E-state index in [1.165, 1.54) is 17.3 Å². The summed E-state index contributed by atoms with van der Waals surface area (Å²) < 4.78 is 10.9. The number of nitrogens with zero attached hydrogens (tertiary/aromatic N) is 1. The zero-order valence-electron chi connectivity index (χ0n) is 15.3. The number of carbonyl (C=O) groups is 1. The molecule has 5 nitrogen and oxygen atoms in total. The van der Waals surface area contributed by atoms with Crippen LogP contribution in [0.3, 0.4) is 0 Å². The number of carbonyl (C=O) groups excluding carboxylic acids is 1. The lowest BCUT2D eigenvalue weighted by Crippen LogP contribution is -2.19. The Bertz CT molecular complexity index is 745. The number of rotatable bonds is 9. The van der Waals surface area contributed by atoms with Gasteiger partial charge in [0.25, 0.3) is 0 Å². The molecule has 1 amide bonds. The van der Waals surface area contributed by atoms with Crippen LogP contribution in [-0.2, 0) is 4.79 Å². The summed E-state index contributed by atoms with van der Waals surface area (Å²) in [6, 6.07) is 13.6. The highest BCUT2D eigenvalue weighted by atomic mass is 32.2. The first-order chi connectivity index (χ1) is 12.6. The van der Waals surface area contributed by atoms with Crippen LogP contribution < -0.4 is 14.9 Å². The molecule has 0 saturated carbocycles. The standard InChI is InChI=1S/C20H24N2O3S/c1-4-11-25-18-10-7-16(12-19(18)24-3)13-21-22-20(23)14-26-17-8-5-15(2)6-9-17/h5-10,12-13H,4,11,14H2,1-3H3,(H,22,23)/b21-13+. The zero-order chi connectivity index (χ0) is 18.8. The van der Waals surface area contributed by atoms with E-state index in [1.54, 1.807) is 13.3 Å². The first-order valence-electron chi connectivity index (χ1n) is 8.44. The zero-order valence-corrected chi connectivity index (χ0v) is 16.1. The van der Waals surface area contributed by atoms with Crippen molar-refractivity contribution in [3.05, 3.63) is 53.6 Å². The van der Waals surface area contributed by atoms with E-state index in [0.717, 1.165) is 16.9 Å². The molecule has 0 heterocycles. The van der Waals surface area contributed by atoms with Crippen LogP contribution in [0.4, 0.5) is 0 Å². The molecular formula is C20H24N2O3S. The van der Waals surface area contributed by atoms with Crippen molar-refractivity contribution < 1.29 is 14.3 Å². The minimum absolute atomic E-state index is 0.151. The summed E-state index contributed by atoms with van der Waals surface area (Å²) in [5.41, 5.74) is 4.55. The van der Waals surface area contributed by atoms with Gasteiger partial charge in [0.15, 0.2) is 11.5 Å². The summed E-state index contributed by atoms with van der Waals surface area (Å²) in [6.07, 6.45) is 2.51. The molecule has 2 aromatic carbocycles. The molecule has 0 spiro atoms. The Morgan fingerprint density at radius 2 is 1.96 bits per heavy atom. The third kappa shape index (κ3) is 6.44. The highest BCUT2D eigenvalue weighted by molar-refractivity contribution is 8.00. The minimum Gasteiger partial charge on any atom is -0.493 e. The smallest absolute Gasteiger partial charge is 0.250 e. The van der Waals surface area contributed by atoms with Gasteiger partial charge >= 0.3 is 0 Å². The molecule has 2 aromatic rings. The van der Waals surface area contributed by atoms with Crippen LogP contribution in [0, 0.1) is 6.92 Å². The second-order valence-corrected chi connectivity index (χ2v) is 6.70. The van der Waals surface area contributed by atoms with Crippen molar-refractivity contribution >= 4 is 23.9 Å². The second-order valence-electron chi connectivity index (χ2n) is 5.65. The number of benzene rings is 2. The molecule has 6 heteroatoms. The quantitative estimate of drug-likeness (QED) is 0.410. The van der Waals surface area contributed by atoms with E-state index in [2.05, 4.69) is 10.5 Å². The van der Waals surface area contributed by atoms with E-state index in [-0.39, 0.29) is 5.91 Å². The van der Waals surface area contributed by atoms with Gasteiger partial charge in [0.2, 0.25) is 5.91 Å². The number of aryl methyl sites for hydroxylation is 1. The largest absolute Gasteiger partial charge is 0.493 e. The first-order valence-corrected chi connectivity index (χ1v) is 9.43. The lowest BCUT2D eigenvalue weighted by atomic mass is 10.2. The van der Waals surface area contributed by atoms with Crippen molar-refractivity contribution in [3.8, 4) is 11.5 Å². The minimum atomic E-state index is -0.151. The summed E-state index contributed by atoms with van der Waals surface area (Å²) in [7, 11) is 1.60. The van der Waals surface area contributed by atoms with Crippen molar-refractivity contribution in [3.63, 3.8) is 0 Å². The van der Waals surface area contributed by atoms with E-state index in [4.69, 9.17) is 9.47 Å². The van der Waals surface area contributed by atoms with Crippen LogP contribution >= 0.6 is 11.8 Å². The molecule has 2 rings (SSSR count). The van der Waals surface area contributed by atoms with Crippen LogP contribution in [0.1, 0.15) is 24.5 Å². The van der Waals surface area contributed by atoms with Crippen molar-refractivity contribution in [2.24, 2.45) is 5.10 Å². The maximum atomic E-state index is 11.9. The van der Waals surface area contributed by atoms with E-state index < -0.39 is 0 Å². The Balaban J connectivity index is 1.84. The van der Waals surface area contributed by atoms with E-state index >= 15 is 0 Å². The van der Waals surface area contributed by atoms with Gasteiger partial charge in [-0.1, -0.05) is 24.6 Å². The SMILES string of the molecule is CCCOc1ccc(/C=N/NC(=O)CSc2ccc(C)cc2)cc1OC. The number of hydrazone groups is 1. The van der Waals surface area contributed by atoms with Crippen molar-refractivity contribution in [1.29, 1.82) is 0 Å². The molecule has 138 valence electrons. The fourth-order valence-corrected chi connectivity index (χ4v) is 2.78. The normalized spacial score (nSPS) is 10.7. The fraction of sp³-hybridized carbons (Fsp3) is 0.300. The van der Waals surface area contributed by atoms with Gasteiger partial charge in [-0.15, -0.1) is 11.8 Å². The molecular weight excluding hydrogens is 348 g/mol. The molecule has 1 N–H and O–H groups in total. The van der Waals surface area contributed by atoms with Crippen LogP contribution in [0.15, 0.2) is 52.5 Å². The number of amides is 1. The molecule has 26 heavy (non-hydrogen) atoms. The average Bonchev–Trinajstić information content (AvgIpc) is 2.66. The van der Waals surface area contributed by atoms with Gasteiger partial charge < -0.3 is 9.47 Å². The third-order valence-corrected chi connectivity index (χ3v) is 4.46. The first kappa shape index (κ1) is 19.8. The molecule has 0 saturated heterocycles. The van der Waals surface area contributed by atoms with E-state index in [1.807, 2.05) is 56.3 Å². The fourth-order valence-electron chi connectivity index (χ4n) is 2.09. The lowest BCUT2D eigenvalue weighted by Gasteiger charge is -2.10. The maximum absolute atomic E-state index is 11.9. The van der Waals surface area contributed by atoms with Gasteiger partial charge in [0.1, 0.15) is 0 Å². The van der Waals surface area contributed by atoms with Gasteiger partial charge in [0, 0.05) is 4.90 Å². The Morgan fingerprint density at radius 3 is 2.65 bits per heavy atom. The van der Waals surface area contributed by atoms with Crippen molar-refractivity contribution in [2.45, 2.75) is 25.2 Å². The summed E-state index contributed by atoms with van der Waals surface area (Å²) in [5, 5.41) is 4.00. The molecule has 0 unspecified atom stereocenters. The van der Waals surface area contributed by atoms with Crippen molar-refractivity contribution in [1.82, 2.24) is 5.43 Å². The van der Waals surface area contributed by atoms with Gasteiger partial charge in [-0.25, -0.2) is 5.43 Å². The van der Waals surface area contributed by atoms with Crippen LogP contribution in [0.2, 0.25) is 0 Å². The van der Waals surface area contributed by atoms with Crippen LogP contribution in [0.5, 0.6) is 11.5 Å². The molecule has 0 atom stereocenters. The number of nitrogens with one attached hydrogen (secondary N) is 1. The van der Waals surface area contributed by atoms with Crippen LogP contribution in [-0.4, -0.2) is 31.6 Å². The summed E-state index contributed by atoms with van der Waals surface area (Å²) >= 11 is 1.48. The summed E-state index contributed by atoms with van der Waals surface area (Å²) in [5.74, 6) is 1.50. The van der Waals surface area contributed by atoms with Crippen molar-refractivity contribution in [2.75, 3.05) is 19.5 Å². The number of thioether (sulfide) groups is 1. The monoisotopic (exact) mass is 372 g/mol. The molecule has 0 aliphatic rings. The predicted octanol–water partition coefficient (Wildman–Crippen LogP) is 4.03. The van der Waals surface area contributed by atoms with Gasteiger partial charge in [-0.2, -0.15) is 5.10 Å².